The predicted octanol–water partition coefficient (Wildman–Crippen LogP) is 5.26. The molecule has 208 valence electrons. The summed E-state index contributed by atoms with van der Waals surface area (Å²) in [6.07, 6.45) is -0.281. The normalized spacial score (nSPS) is 11.8. The third-order valence-corrected chi connectivity index (χ3v) is 9.01. The molecule has 0 radical (unpaired) electrons. The van der Waals surface area contributed by atoms with Gasteiger partial charge in [0.1, 0.15) is 6.29 Å². The van der Waals surface area contributed by atoms with E-state index in [9.17, 15) is 32.4 Å². The van der Waals surface area contributed by atoms with E-state index in [-0.39, 0.29) is 32.2 Å². The van der Waals surface area contributed by atoms with Crippen LogP contribution in [0.3, 0.4) is 0 Å². The summed E-state index contributed by atoms with van der Waals surface area (Å²) in [5, 5.41) is 3.38. The maximum Gasteiger partial charge on any atom is 0.345 e. The van der Waals surface area contributed by atoms with Crippen molar-refractivity contribution < 1.29 is 32.4 Å². The van der Waals surface area contributed by atoms with E-state index >= 15 is 0 Å². The zero-order valence-corrected chi connectivity index (χ0v) is 23.9. The fourth-order valence-electron chi connectivity index (χ4n) is 4.22. The molecule has 0 fully saturated rings. The van der Waals surface area contributed by atoms with Gasteiger partial charge in [-0.2, -0.15) is 0 Å². The standard InChI is InChI=1S/C27H23Cl2N2O7PS/c28-19-13-20(29)15-21(14-19)40(37,38)31(17-39(34,35)36)26-10-9-23-22(25(26)16-32)7-4-8-24(23)27(33)30-12-11-18-5-2-1-3-6-18/h1-10,13-16H,11-12,17H2,(H,30,33)(H2,34,35,36). The average molecular weight is 621 g/mol. The molecule has 9 nitrogen and oxygen atoms in total. The van der Waals surface area contributed by atoms with Gasteiger partial charge in [0.15, 0.2) is 6.29 Å². The maximum absolute atomic E-state index is 13.6. The van der Waals surface area contributed by atoms with Crippen molar-refractivity contribution in [1.29, 1.82) is 0 Å². The Kier molecular flexibility index (Phi) is 8.99. The van der Waals surface area contributed by atoms with Gasteiger partial charge >= 0.3 is 7.60 Å². The summed E-state index contributed by atoms with van der Waals surface area (Å²) < 4.78 is 39.7. The summed E-state index contributed by atoms with van der Waals surface area (Å²) in [6, 6.07) is 20.3. The summed E-state index contributed by atoms with van der Waals surface area (Å²) in [7, 11) is -9.65. The highest BCUT2D eigenvalue weighted by Crippen LogP contribution is 2.42. The molecule has 4 aromatic carbocycles. The van der Waals surface area contributed by atoms with Gasteiger partial charge < -0.3 is 15.1 Å². The van der Waals surface area contributed by atoms with E-state index in [1.54, 1.807) is 6.07 Å². The highest BCUT2D eigenvalue weighted by molar-refractivity contribution is 7.93. The second-order valence-corrected chi connectivity index (χ2v) is 13.1. The number of halogens is 2. The van der Waals surface area contributed by atoms with Crippen molar-refractivity contribution in [2.75, 3.05) is 17.1 Å². The summed E-state index contributed by atoms with van der Waals surface area (Å²) in [6.45, 7) is 0.356. The number of carbonyl (C=O) groups is 2. The zero-order chi connectivity index (χ0) is 29.1. The number of carbonyl (C=O) groups excluding carboxylic acids is 2. The third-order valence-electron chi connectivity index (χ3n) is 5.99. The molecule has 0 aliphatic heterocycles. The first kappa shape index (κ1) is 29.7. The van der Waals surface area contributed by atoms with Gasteiger partial charge in [0, 0.05) is 27.7 Å². The van der Waals surface area contributed by atoms with E-state index in [0.29, 0.717) is 28.9 Å². The van der Waals surface area contributed by atoms with Crippen LogP contribution in [0.1, 0.15) is 26.3 Å². The molecule has 0 bridgehead atoms. The first-order chi connectivity index (χ1) is 18.9. The van der Waals surface area contributed by atoms with Gasteiger partial charge in [-0.05, 0) is 53.1 Å². The summed E-state index contributed by atoms with van der Waals surface area (Å²) in [4.78, 5) is 44.4. The van der Waals surface area contributed by atoms with Crippen molar-refractivity contribution in [2.24, 2.45) is 0 Å². The van der Waals surface area contributed by atoms with Crippen LogP contribution >= 0.6 is 30.8 Å². The molecule has 0 spiro atoms. The molecule has 3 N–H and O–H groups in total. The van der Waals surface area contributed by atoms with Crippen LogP contribution in [0.2, 0.25) is 10.0 Å². The fourth-order valence-corrected chi connectivity index (χ4v) is 7.65. The molecule has 0 unspecified atom stereocenters. The number of fused-ring (bicyclic) bond motifs is 1. The minimum Gasteiger partial charge on any atom is -0.352 e. The number of anilines is 1. The van der Waals surface area contributed by atoms with Crippen molar-refractivity contribution in [3.8, 4) is 0 Å². The van der Waals surface area contributed by atoms with E-state index in [1.165, 1.54) is 30.3 Å². The molecule has 0 saturated carbocycles. The Morgan fingerprint density at radius 2 is 1.60 bits per heavy atom. The minimum absolute atomic E-state index is 0.0146. The van der Waals surface area contributed by atoms with Crippen molar-refractivity contribution in [3.63, 3.8) is 0 Å². The predicted molar refractivity (Wildman–Crippen MR) is 155 cm³/mol. The van der Waals surface area contributed by atoms with Crippen LogP contribution in [0.15, 0.2) is 83.8 Å². The van der Waals surface area contributed by atoms with Crippen LogP contribution in [0, 0.1) is 0 Å². The van der Waals surface area contributed by atoms with E-state index in [0.717, 1.165) is 17.7 Å². The number of rotatable bonds is 10. The highest BCUT2D eigenvalue weighted by Gasteiger charge is 2.33. The van der Waals surface area contributed by atoms with Gasteiger partial charge in [0.25, 0.3) is 15.9 Å². The highest BCUT2D eigenvalue weighted by atomic mass is 35.5. The summed E-state index contributed by atoms with van der Waals surface area (Å²) >= 11 is 12.0. The molecular formula is C27H23Cl2N2O7PS. The average Bonchev–Trinajstić information content (AvgIpc) is 2.90. The number of benzene rings is 4. The van der Waals surface area contributed by atoms with Crippen LogP contribution in [0.25, 0.3) is 10.8 Å². The lowest BCUT2D eigenvalue weighted by molar-refractivity contribution is 0.0955. The van der Waals surface area contributed by atoms with Gasteiger partial charge in [-0.1, -0.05) is 71.7 Å². The molecule has 4 aromatic rings. The Hall–Kier alpha value is -3.24. The Labute approximate surface area is 240 Å². The molecule has 1 amide bonds. The summed E-state index contributed by atoms with van der Waals surface area (Å²) in [5.74, 6) is -0.403. The minimum atomic E-state index is -4.98. The lowest BCUT2D eigenvalue weighted by atomic mass is 9.98. The Morgan fingerprint density at radius 1 is 0.925 bits per heavy atom. The number of aldehydes is 1. The molecule has 0 aliphatic carbocycles. The largest absolute Gasteiger partial charge is 0.352 e. The smallest absolute Gasteiger partial charge is 0.345 e. The number of nitrogens with zero attached hydrogens (tertiary/aromatic N) is 1. The third kappa shape index (κ3) is 6.72. The van der Waals surface area contributed by atoms with Crippen LogP contribution in [0.5, 0.6) is 0 Å². The van der Waals surface area contributed by atoms with Crippen LogP contribution < -0.4 is 9.62 Å². The van der Waals surface area contributed by atoms with Crippen LogP contribution in [0.4, 0.5) is 5.69 Å². The first-order valence-corrected chi connectivity index (χ1v) is 15.8. The first-order valence-electron chi connectivity index (χ1n) is 11.8. The monoisotopic (exact) mass is 620 g/mol. The second-order valence-electron chi connectivity index (χ2n) is 8.77. The van der Waals surface area contributed by atoms with E-state index in [4.69, 9.17) is 23.2 Å². The van der Waals surface area contributed by atoms with Gasteiger partial charge in [0.2, 0.25) is 0 Å². The molecule has 0 atom stereocenters. The summed E-state index contributed by atoms with van der Waals surface area (Å²) in [5.41, 5.74) is 0.817. The van der Waals surface area contributed by atoms with Gasteiger partial charge in [-0.3, -0.25) is 18.5 Å². The second kappa shape index (κ2) is 12.1. The lowest BCUT2D eigenvalue weighted by Crippen LogP contribution is -2.33. The molecule has 0 aromatic heterocycles. The molecule has 0 saturated heterocycles. The van der Waals surface area contributed by atoms with E-state index in [2.05, 4.69) is 5.32 Å². The molecule has 4 rings (SSSR count). The van der Waals surface area contributed by atoms with Crippen molar-refractivity contribution >= 4 is 69.5 Å². The Morgan fingerprint density at radius 3 is 2.23 bits per heavy atom. The Bertz CT molecular complexity index is 1720. The van der Waals surface area contributed by atoms with E-state index < -0.39 is 34.7 Å². The van der Waals surface area contributed by atoms with Gasteiger partial charge in [0.05, 0.1) is 10.6 Å². The van der Waals surface area contributed by atoms with E-state index in [1.807, 2.05) is 30.3 Å². The number of amides is 1. The maximum atomic E-state index is 13.6. The zero-order valence-electron chi connectivity index (χ0n) is 20.7. The molecule has 40 heavy (non-hydrogen) atoms. The number of sulfonamides is 1. The molecule has 0 heterocycles. The van der Waals surface area contributed by atoms with Crippen molar-refractivity contribution in [1.82, 2.24) is 5.32 Å². The molecule has 13 heteroatoms. The quantitative estimate of drug-likeness (QED) is 0.162. The molecular weight excluding hydrogens is 598 g/mol. The number of hydrogen-bond acceptors (Lipinski definition) is 5. The van der Waals surface area contributed by atoms with Crippen molar-refractivity contribution in [3.05, 3.63) is 106 Å². The van der Waals surface area contributed by atoms with Gasteiger partial charge in [-0.15, -0.1) is 0 Å². The SMILES string of the molecule is O=Cc1c(N(CP(=O)(O)O)S(=O)(=O)c2cc(Cl)cc(Cl)c2)ccc2c(C(=O)NCCc3ccccc3)cccc12. The van der Waals surface area contributed by atoms with Crippen LogP contribution in [-0.2, 0) is 21.0 Å². The lowest BCUT2D eigenvalue weighted by Gasteiger charge is -2.27. The topological polar surface area (TPSA) is 141 Å². The number of hydrogen-bond donors (Lipinski definition) is 3. The van der Waals surface area contributed by atoms with Crippen LogP contribution in [-0.4, -0.2) is 43.2 Å². The van der Waals surface area contributed by atoms with Crippen molar-refractivity contribution in [2.45, 2.75) is 11.3 Å². The van der Waals surface area contributed by atoms with Gasteiger partial charge in [-0.25, -0.2) is 8.42 Å². The number of nitrogens with one attached hydrogen (secondary N) is 1. The molecule has 0 aliphatic rings. The Balaban J connectivity index is 1.77. The fraction of sp³-hybridized carbons (Fsp3) is 0.111.